The summed E-state index contributed by atoms with van der Waals surface area (Å²) in [5.41, 5.74) is 5.21. The molecule has 0 nitrogen and oxygen atoms in total. The van der Waals surface area contributed by atoms with Crippen molar-refractivity contribution in [3.05, 3.63) is 69.1 Å². The largest absolute Gasteiger partial charge is 0.0544 e. The van der Waals surface area contributed by atoms with E-state index in [2.05, 4.69) is 72.9 Å². The first kappa shape index (κ1) is 9.67. The van der Waals surface area contributed by atoms with Gasteiger partial charge in [-0.05, 0) is 44.8 Å². The molecule has 0 unspecified atom stereocenters. The summed E-state index contributed by atoms with van der Waals surface area (Å²) in [4.78, 5) is 0. The second kappa shape index (κ2) is 3.58. The van der Waals surface area contributed by atoms with Gasteiger partial charge in [0.25, 0.3) is 0 Å². The first-order chi connectivity index (χ1) is 8.88. The molecule has 18 heavy (non-hydrogen) atoms. The summed E-state index contributed by atoms with van der Waals surface area (Å²) < 4.78 is 0. The van der Waals surface area contributed by atoms with E-state index in [1.807, 2.05) is 0 Å². The van der Waals surface area contributed by atoms with E-state index >= 15 is 0 Å². The zero-order chi connectivity index (χ0) is 11.9. The lowest BCUT2D eigenvalue weighted by molar-refractivity contribution is 1.47. The molecule has 0 heterocycles. The number of rotatable bonds is 2. The number of hydrogen-bond donors (Lipinski definition) is 0. The topological polar surface area (TPSA) is 0 Å². The van der Waals surface area contributed by atoms with Crippen molar-refractivity contribution in [1.82, 2.24) is 0 Å². The van der Waals surface area contributed by atoms with E-state index in [-0.39, 0.29) is 0 Å². The van der Waals surface area contributed by atoms with Crippen LogP contribution < -0.4 is 10.4 Å². The van der Waals surface area contributed by atoms with E-state index in [1.54, 1.807) is 0 Å². The molecular formula is C18H12. The fraction of sp³-hybridized carbons (Fsp3) is 0. The van der Waals surface area contributed by atoms with Gasteiger partial charge in [0.1, 0.15) is 0 Å². The maximum absolute atomic E-state index is 2.23. The molecule has 4 rings (SSSR count). The van der Waals surface area contributed by atoms with Crippen LogP contribution in [-0.2, 0) is 0 Å². The van der Waals surface area contributed by atoms with Gasteiger partial charge in [-0.2, -0.15) is 0 Å². The van der Waals surface area contributed by atoms with E-state index < -0.39 is 0 Å². The lowest BCUT2D eigenvalue weighted by atomic mass is 9.95. The van der Waals surface area contributed by atoms with Crippen LogP contribution in [0.2, 0.25) is 0 Å². The Morgan fingerprint density at radius 2 is 1.33 bits per heavy atom. The molecule has 0 fully saturated rings. The Kier molecular flexibility index (Phi) is 1.92. The molecule has 0 radical (unpaired) electrons. The summed E-state index contributed by atoms with van der Waals surface area (Å²) in [7, 11) is 0. The average molecular weight is 228 g/mol. The second-order valence-corrected chi connectivity index (χ2v) is 4.78. The third kappa shape index (κ3) is 1.46. The average Bonchev–Trinajstić information content (AvgIpc) is 2.32. The Labute approximate surface area is 106 Å². The van der Waals surface area contributed by atoms with Crippen molar-refractivity contribution in [2.75, 3.05) is 0 Å². The van der Waals surface area contributed by atoms with E-state index in [0.717, 1.165) is 0 Å². The Hall–Kier alpha value is -2.34. The first-order valence-corrected chi connectivity index (χ1v) is 6.21. The summed E-state index contributed by atoms with van der Waals surface area (Å²) in [6.45, 7) is 0. The van der Waals surface area contributed by atoms with Crippen LogP contribution in [0.25, 0.3) is 36.5 Å². The van der Waals surface area contributed by atoms with Gasteiger partial charge in [0, 0.05) is 0 Å². The first-order valence-electron chi connectivity index (χ1n) is 6.21. The number of fused-ring (bicyclic) bond motifs is 2. The van der Waals surface area contributed by atoms with Gasteiger partial charge in [0.2, 0.25) is 0 Å². The van der Waals surface area contributed by atoms with Crippen molar-refractivity contribution in [1.29, 1.82) is 0 Å². The van der Waals surface area contributed by atoms with Gasteiger partial charge < -0.3 is 0 Å². The molecule has 2 aliphatic carbocycles. The van der Waals surface area contributed by atoms with Crippen LogP contribution in [0, 0.1) is 0 Å². The van der Waals surface area contributed by atoms with Crippen molar-refractivity contribution in [3.8, 4) is 0 Å². The molecule has 0 spiro atoms. The summed E-state index contributed by atoms with van der Waals surface area (Å²) in [6, 6.07) is 13.1. The Morgan fingerprint density at radius 3 is 1.94 bits per heavy atom. The van der Waals surface area contributed by atoms with E-state index in [0.29, 0.717) is 0 Å². The molecule has 0 saturated carbocycles. The summed E-state index contributed by atoms with van der Waals surface area (Å²) in [6.07, 6.45) is 13.0. The van der Waals surface area contributed by atoms with Crippen LogP contribution in [0.1, 0.15) is 22.3 Å². The molecule has 2 aliphatic rings. The molecule has 0 aromatic heterocycles. The van der Waals surface area contributed by atoms with Crippen LogP contribution in [0.3, 0.4) is 0 Å². The Balaban J connectivity index is 1.65. The maximum Gasteiger partial charge on any atom is -0.0178 e. The summed E-state index contributed by atoms with van der Waals surface area (Å²) in [5, 5.41) is 2.69. The molecule has 0 atom stereocenters. The van der Waals surface area contributed by atoms with Crippen LogP contribution in [0.15, 0.2) is 36.4 Å². The molecule has 2 aromatic rings. The molecule has 0 heteroatoms. The van der Waals surface area contributed by atoms with E-state index in [9.17, 15) is 0 Å². The predicted molar refractivity (Wildman–Crippen MR) is 78.9 cm³/mol. The van der Waals surface area contributed by atoms with Gasteiger partial charge in [0.05, 0.1) is 0 Å². The Morgan fingerprint density at radius 1 is 0.611 bits per heavy atom. The molecule has 2 aromatic carbocycles. The van der Waals surface area contributed by atoms with Crippen molar-refractivity contribution in [2.24, 2.45) is 0 Å². The zero-order valence-electron chi connectivity index (χ0n) is 9.93. The highest BCUT2D eigenvalue weighted by molar-refractivity contribution is 5.87. The van der Waals surface area contributed by atoms with Crippen molar-refractivity contribution in [3.63, 3.8) is 0 Å². The molecule has 0 amide bonds. The minimum absolute atomic E-state index is 1.26. The molecule has 84 valence electrons. The maximum atomic E-state index is 2.23. The molecule has 0 bridgehead atoms. The molecular weight excluding hydrogens is 216 g/mol. The highest BCUT2D eigenvalue weighted by atomic mass is 14.1. The SMILES string of the molecule is C1=Cc2cc(/C=C/c3ccc4c(c3)=CC=4)ccc21. The minimum Gasteiger partial charge on any atom is -0.0544 e. The van der Waals surface area contributed by atoms with Gasteiger partial charge >= 0.3 is 0 Å². The third-order valence-electron chi connectivity index (χ3n) is 3.57. The number of hydrogen-bond acceptors (Lipinski definition) is 0. The van der Waals surface area contributed by atoms with Gasteiger partial charge in [-0.15, -0.1) is 0 Å². The lowest BCUT2D eigenvalue weighted by Gasteiger charge is -2.10. The minimum atomic E-state index is 1.26. The van der Waals surface area contributed by atoms with Gasteiger partial charge in [-0.1, -0.05) is 60.7 Å². The van der Waals surface area contributed by atoms with E-state index in [1.165, 1.54) is 32.7 Å². The van der Waals surface area contributed by atoms with E-state index in [4.69, 9.17) is 0 Å². The third-order valence-corrected chi connectivity index (χ3v) is 3.57. The normalized spacial score (nSPS) is 14.0. The van der Waals surface area contributed by atoms with Crippen LogP contribution in [-0.4, -0.2) is 0 Å². The molecule has 0 aliphatic heterocycles. The smallest absolute Gasteiger partial charge is 0.0178 e. The van der Waals surface area contributed by atoms with Crippen molar-refractivity contribution in [2.45, 2.75) is 0 Å². The second-order valence-electron chi connectivity index (χ2n) is 4.78. The molecule has 0 saturated heterocycles. The summed E-state index contributed by atoms with van der Waals surface area (Å²) in [5.74, 6) is 0. The van der Waals surface area contributed by atoms with Gasteiger partial charge in [0.15, 0.2) is 0 Å². The van der Waals surface area contributed by atoms with Gasteiger partial charge in [-0.3, -0.25) is 0 Å². The fourth-order valence-corrected chi connectivity index (χ4v) is 2.35. The highest BCUT2D eigenvalue weighted by Crippen LogP contribution is 2.24. The van der Waals surface area contributed by atoms with Crippen molar-refractivity contribution < 1.29 is 0 Å². The highest BCUT2D eigenvalue weighted by Gasteiger charge is 2.03. The molecule has 0 N–H and O–H groups in total. The predicted octanol–water partition coefficient (Wildman–Crippen LogP) is 2.92. The lowest BCUT2D eigenvalue weighted by Crippen LogP contribution is -2.29. The summed E-state index contributed by atoms with van der Waals surface area (Å²) >= 11 is 0. The standard InChI is InChI=1S/C18H12/c1(13-3-5-15-7-9-17(15)11-13)2-14-4-6-16-8-10-18(16)12-14/h1-12H/b2-1+. The quantitative estimate of drug-likeness (QED) is 0.592. The van der Waals surface area contributed by atoms with Crippen LogP contribution in [0.4, 0.5) is 0 Å². The number of benzene rings is 2. The zero-order valence-corrected chi connectivity index (χ0v) is 9.93. The van der Waals surface area contributed by atoms with Crippen LogP contribution >= 0.6 is 0 Å². The Bertz CT molecular complexity index is 818. The van der Waals surface area contributed by atoms with Gasteiger partial charge in [-0.25, -0.2) is 0 Å². The fourth-order valence-electron chi connectivity index (χ4n) is 2.35. The van der Waals surface area contributed by atoms with Crippen molar-refractivity contribution >= 4 is 36.5 Å². The van der Waals surface area contributed by atoms with Crippen LogP contribution in [0.5, 0.6) is 0 Å². The monoisotopic (exact) mass is 228 g/mol.